The average Bonchev–Trinajstić information content (AvgIpc) is 2.46. The second-order valence-electron chi connectivity index (χ2n) is 4.89. The largest absolute Gasteiger partial charge is 0.382 e. The summed E-state index contributed by atoms with van der Waals surface area (Å²) in [5.74, 6) is 0.663. The topological polar surface area (TPSA) is 30.5 Å². The first-order valence-corrected chi connectivity index (χ1v) is 6.67. The highest BCUT2D eigenvalue weighted by Crippen LogP contribution is 2.25. The second kappa shape index (κ2) is 6.88. The van der Waals surface area contributed by atoms with Crippen molar-refractivity contribution in [1.29, 1.82) is 0 Å². The van der Waals surface area contributed by atoms with Crippen LogP contribution in [0.15, 0.2) is 24.3 Å². The maximum Gasteiger partial charge on any atom is 0.105 e. The first-order chi connectivity index (χ1) is 8.85. The highest BCUT2D eigenvalue weighted by Gasteiger charge is 2.16. The maximum atomic E-state index is 5.42. The van der Waals surface area contributed by atoms with Crippen LogP contribution in [-0.2, 0) is 9.47 Å². The van der Waals surface area contributed by atoms with Gasteiger partial charge in [0.25, 0.3) is 0 Å². The van der Waals surface area contributed by atoms with Crippen LogP contribution in [0, 0.1) is 0 Å². The fourth-order valence-electron chi connectivity index (χ4n) is 2.57. The smallest absolute Gasteiger partial charge is 0.105 e. The molecule has 0 radical (unpaired) electrons. The van der Waals surface area contributed by atoms with E-state index in [4.69, 9.17) is 9.47 Å². The normalized spacial score (nSPS) is 21.8. The van der Waals surface area contributed by atoms with Crippen LogP contribution >= 0.6 is 0 Å². The zero-order valence-electron chi connectivity index (χ0n) is 11.3. The van der Waals surface area contributed by atoms with Gasteiger partial charge in [0.1, 0.15) is 6.10 Å². The minimum absolute atomic E-state index is 0.0357. The molecule has 0 bridgehead atoms. The highest BCUT2D eigenvalue weighted by atomic mass is 16.5. The monoisotopic (exact) mass is 249 g/mol. The number of piperidine rings is 1. The maximum absolute atomic E-state index is 5.42. The SMILES string of the molecule is COCC(OC)c1ccc(C2CCCNC2)cc1. The Kier molecular flexibility index (Phi) is 5.17. The number of nitrogens with one attached hydrogen (secondary N) is 1. The Morgan fingerprint density at radius 2 is 2.06 bits per heavy atom. The molecule has 0 amide bonds. The van der Waals surface area contributed by atoms with Gasteiger partial charge in [-0.15, -0.1) is 0 Å². The van der Waals surface area contributed by atoms with Gasteiger partial charge in [-0.1, -0.05) is 24.3 Å². The molecule has 1 aromatic carbocycles. The van der Waals surface area contributed by atoms with Crippen LogP contribution in [0.4, 0.5) is 0 Å². The van der Waals surface area contributed by atoms with Gasteiger partial charge in [-0.2, -0.15) is 0 Å². The standard InChI is InChI=1S/C15H23NO2/c1-17-11-15(18-2)13-7-5-12(6-8-13)14-4-3-9-16-10-14/h5-8,14-16H,3-4,9-11H2,1-2H3. The van der Waals surface area contributed by atoms with E-state index in [1.165, 1.54) is 24.0 Å². The molecule has 3 nitrogen and oxygen atoms in total. The fraction of sp³-hybridized carbons (Fsp3) is 0.600. The van der Waals surface area contributed by atoms with Crippen LogP contribution in [0.5, 0.6) is 0 Å². The van der Waals surface area contributed by atoms with Gasteiger partial charge < -0.3 is 14.8 Å². The number of hydrogen-bond donors (Lipinski definition) is 1. The van der Waals surface area contributed by atoms with E-state index in [0.29, 0.717) is 12.5 Å². The van der Waals surface area contributed by atoms with Crippen LogP contribution in [0.25, 0.3) is 0 Å². The molecular weight excluding hydrogens is 226 g/mol. The minimum Gasteiger partial charge on any atom is -0.382 e. The molecule has 18 heavy (non-hydrogen) atoms. The molecule has 1 heterocycles. The van der Waals surface area contributed by atoms with Gasteiger partial charge in [0.15, 0.2) is 0 Å². The summed E-state index contributed by atoms with van der Waals surface area (Å²) in [6.45, 7) is 2.86. The van der Waals surface area contributed by atoms with Crippen molar-refractivity contribution < 1.29 is 9.47 Å². The Bertz CT molecular complexity index is 320. The quantitative estimate of drug-likeness (QED) is 0.869. The second-order valence-corrected chi connectivity index (χ2v) is 4.89. The lowest BCUT2D eigenvalue weighted by atomic mass is 9.91. The third-order valence-electron chi connectivity index (χ3n) is 3.68. The van der Waals surface area contributed by atoms with Crippen molar-refractivity contribution >= 4 is 0 Å². The fourth-order valence-corrected chi connectivity index (χ4v) is 2.57. The van der Waals surface area contributed by atoms with E-state index in [0.717, 1.165) is 13.1 Å². The summed E-state index contributed by atoms with van der Waals surface area (Å²) in [6, 6.07) is 8.79. The van der Waals surface area contributed by atoms with Gasteiger partial charge in [0.2, 0.25) is 0 Å². The third kappa shape index (κ3) is 3.31. The van der Waals surface area contributed by atoms with E-state index in [1.54, 1.807) is 14.2 Å². The molecule has 2 unspecified atom stereocenters. The third-order valence-corrected chi connectivity index (χ3v) is 3.68. The molecule has 0 saturated carbocycles. The molecule has 0 spiro atoms. The van der Waals surface area contributed by atoms with Crippen molar-refractivity contribution in [3.05, 3.63) is 35.4 Å². The number of rotatable bonds is 5. The Hall–Kier alpha value is -0.900. The summed E-state index contributed by atoms with van der Waals surface area (Å²) in [6.07, 6.45) is 2.60. The van der Waals surface area contributed by atoms with E-state index in [2.05, 4.69) is 29.6 Å². The highest BCUT2D eigenvalue weighted by molar-refractivity contribution is 5.27. The Labute approximate surface area is 109 Å². The molecule has 0 aliphatic carbocycles. The summed E-state index contributed by atoms with van der Waals surface area (Å²) in [4.78, 5) is 0. The number of ether oxygens (including phenoxy) is 2. The Balaban J connectivity index is 2.03. The van der Waals surface area contributed by atoms with E-state index in [1.807, 2.05) is 0 Å². The van der Waals surface area contributed by atoms with E-state index < -0.39 is 0 Å². The van der Waals surface area contributed by atoms with Crippen LogP contribution < -0.4 is 5.32 Å². The molecule has 1 aliphatic rings. The lowest BCUT2D eigenvalue weighted by Crippen LogP contribution is -2.28. The number of methoxy groups -OCH3 is 2. The van der Waals surface area contributed by atoms with Crippen molar-refractivity contribution in [3.8, 4) is 0 Å². The summed E-state index contributed by atoms with van der Waals surface area (Å²) < 4.78 is 10.6. The summed E-state index contributed by atoms with van der Waals surface area (Å²) >= 11 is 0. The molecule has 3 heteroatoms. The summed E-state index contributed by atoms with van der Waals surface area (Å²) in [5, 5.41) is 3.46. The van der Waals surface area contributed by atoms with Crippen molar-refractivity contribution in [2.24, 2.45) is 0 Å². The molecule has 0 aromatic heterocycles. The van der Waals surface area contributed by atoms with Crippen molar-refractivity contribution in [3.63, 3.8) is 0 Å². The number of hydrogen-bond acceptors (Lipinski definition) is 3. The zero-order chi connectivity index (χ0) is 12.8. The lowest BCUT2D eigenvalue weighted by Gasteiger charge is -2.23. The molecule has 1 aliphatic heterocycles. The van der Waals surface area contributed by atoms with E-state index in [9.17, 15) is 0 Å². The van der Waals surface area contributed by atoms with Crippen LogP contribution in [0.3, 0.4) is 0 Å². The molecule has 2 rings (SSSR count). The van der Waals surface area contributed by atoms with Crippen LogP contribution in [0.1, 0.15) is 36.0 Å². The van der Waals surface area contributed by atoms with Crippen molar-refractivity contribution in [1.82, 2.24) is 5.32 Å². The van der Waals surface area contributed by atoms with Crippen LogP contribution in [-0.4, -0.2) is 33.9 Å². The number of benzene rings is 1. The molecule has 100 valence electrons. The first-order valence-electron chi connectivity index (χ1n) is 6.67. The van der Waals surface area contributed by atoms with Gasteiger partial charge in [-0.05, 0) is 36.4 Å². The average molecular weight is 249 g/mol. The van der Waals surface area contributed by atoms with Gasteiger partial charge in [0.05, 0.1) is 6.61 Å². The van der Waals surface area contributed by atoms with Gasteiger partial charge in [-0.25, -0.2) is 0 Å². The zero-order valence-corrected chi connectivity index (χ0v) is 11.3. The predicted molar refractivity (Wildman–Crippen MR) is 72.9 cm³/mol. The molecule has 1 saturated heterocycles. The van der Waals surface area contributed by atoms with Crippen molar-refractivity contribution in [2.75, 3.05) is 33.9 Å². The molecule has 1 N–H and O–H groups in total. The molecule has 1 fully saturated rings. The lowest BCUT2D eigenvalue weighted by molar-refractivity contribution is 0.0275. The van der Waals surface area contributed by atoms with Crippen molar-refractivity contribution in [2.45, 2.75) is 24.9 Å². The minimum atomic E-state index is 0.0357. The summed E-state index contributed by atoms with van der Waals surface area (Å²) in [7, 11) is 3.43. The van der Waals surface area contributed by atoms with Gasteiger partial charge >= 0.3 is 0 Å². The Morgan fingerprint density at radius 1 is 1.28 bits per heavy atom. The van der Waals surface area contributed by atoms with E-state index in [-0.39, 0.29) is 6.10 Å². The summed E-state index contributed by atoms with van der Waals surface area (Å²) in [5.41, 5.74) is 2.62. The first kappa shape index (κ1) is 13.5. The Morgan fingerprint density at radius 3 is 2.61 bits per heavy atom. The molecular formula is C15H23NO2. The van der Waals surface area contributed by atoms with Gasteiger partial charge in [0, 0.05) is 20.8 Å². The molecule has 1 aromatic rings. The molecule has 2 atom stereocenters. The van der Waals surface area contributed by atoms with Crippen LogP contribution in [0.2, 0.25) is 0 Å². The van der Waals surface area contributed by atoms with Gasteiger partial charge in [-0.3, -0.25) is 0 Å². The van der Waals surface area contributed by atoms with E-state index >= 15 is 0 Å². The predicted octanol–water partition coefficient (Wildman–Crippen LogP) is 2.49.